The standard InChI is InChI=1S/C29H34N8O8.ClH/c30-17-45-29(44)35-14-18-3-5-20(6-4-18)27(42)34-15-23(38)37-13-12-36(16-24(39)40)28(43)22(37)2-1-11-33-26(41)21-9-7-19(8-10-21)25(31)32;/h3-10,17,22,30H,1-2,11-16H2,(H3,31,32)(H,33,41)(H,34,42)(H,35,44)(H,39,40);1H. The second-order valence-corrected chi connectivity index (χ2v) is 9.90. The fourth-order valence-electron chi connectivity index (χ4n) is 4.54. The van der Waals surface area contributed by atoms with E-state index in [0.29, 0.717) is 29.5 Å². The number of piperazine rings is 1. The molecule has 0 aliphatic carbocycles. The number of carbonyl (C=O) groups is 6. The monoisotopic (exact) mass is 658 g/mol. The summed E-state index contributed by atoms with van der Waals surface area (Å²) >= 11 is 0. The summed E-state index contributed by atoms with van der Waals surface area (Å²) in [5.74, 6) is -3.31. The van der Waals surface area contributed by atoms with Gasteiger partial charge in [-0.05, 0) is 42.7 Å². The number of benzene rings is 2. The largest absolute Gasteiger partial charge is 0.480 e. The Kier molecular flexibility index (Phi) is 14.1. The molecule has 0 radical (unpaired) electrons. The smallest absolute Gasteiger partial charge is 0.413 e. The Morgan fingerprint density at radius 3 is 2.11 bits per heavy atom. The molecule has 2 aromatic carbocycles. The minimum atomic E-state index is -1.19. The van der Waals surface area contributed by atoms with Gasteiger partial charge in [0.05, 0.1) is 6.54 Å². The molecule has 1 fully saturated rings. The number of amidine groups is 1. The number of carboxylic acid groups (broad SMARTS) is 1. The molecule has 5 amide bonds. The van der Waals surface area contributed by atoms with Gasteiger partial charge in [0.25, 0.3) is 11.8 Å². The van der Waals surface area contributed by atoms with Crippen molar-refractivity contribution in [3.8, 4) is 0 Å². The van der Waals surface area contributed by atoms with Gasteiger partial charge in [-0.2, -0.15) is 0 Å². The molecule has 16 nitrogen and oxygen atoms in total. The molecule has 3 rings (SSSR count). The lowest BCUT2D eigenvalue weighted by molar-refractivity contribution is -0.155. The number of hydrogen-bond donors (Lipinski definition) is 7. The number of carboxylic acids is 1. The lowest BCUT2D eigenvalue weighted by Gasteiger charge is -2.40. The first-order chi connectivity index (χ1) is 21.5. The topological polar surface area (TPSA) is 248 Å². The average molecular weight is 659 g/mol. The van der Waals surface area contributed by atoms with E-state index in [1.165, 1.54) is 29.2 Å². The minimum Gasteiger partial charge on any atom is -0.480 e. The molecule has 246 valence electrons. The van der Waals surface area contributed by atoms with Crippen molar-refractivity contribution in [3.63, 3.8) is 0 Å². The van der Waals surface area contributed by atoms with E-state index < -0.39 is 48.9 Å². The van der Waals surface area contributed by atoms with Crippen molar-refractivity contribution in [1.29, 1.82) is 10.8 Å². The predicted octanol–water partition coefficient (Wildman–Crippen LogP) is 0.290. The fourth-order valence-corrected chi connectivity index (χ4v) is 4.54. The maximum Gasteiger partial charge on any atom is 0.413 e. The Morgan fingerprint density at radius 1 is 0.935 bits per heavy atom. The van der Waals surface area contributed by atoms with Crippen molar-refractivity contribution in [2.75, 3.05) is 32.7 Å². The molecule has 1 aliphatic heterocycles. The van der Waals surface area contributed by atoms with Gasteiger partial charge in [0.2, 0.25) is 11.8 Å². The van der Waals surface area contributed by atoms with Crippen LogP contribution in [0, 0.1) is 10.8 Å². The number of aliphatic carboxylic acids is 1. The number of nitrogens with zero attached hydrogens (tertiary/aromatic N) is 2. The van der Waals surface area contributed by atoms with Gasteiger partial charge in [-0.25, -0.2) is 4.79 Å². The lowest BCUT2D eigenvalue weighted by atomic mass is 10.0. The summed E-state index contributed by atoms with van der Waals surface area (Å²) < 4.78 is 4.35. The highest BCUT2D eigenvalue weighted by atomic mass is 35.5. The zero-order valence-electron chi connectivity index (χ0n) is 24.6. The molecule has 1 saturated heterocycles. The second-order valence-electron chi connectivity index (χ2n) is 9.90. The molecule has 8 N–H and O–H groups in total. The molecule has 0 spiro atoms. The normalized spacial score (nSPS) is 13.9. The zero-order valence-corrected chi connectivity index (χ0v) is 25.4. The number of nitrogen functional groups attached to an aromatic ring is 1. The number of carbonyl (C=O) groups excluding carboxylic acids is 5. The Balaban J connectivity index is 0.00000736. The first-order valence-corrected chi connectivity index (χ1v) is 13.8. The predicted molar refractivity (Wildman–Crippen MR) is 167 cm³/mol. The van der Waals surface area contributed by atoms with Gasteiger partial charge in [-0.1, -0.05) is 24.3 Å². The molecule has 0 saturated carbocycles. The number of halogens is 1. The van der Waals surface area contributed by atoms with E-state index in [4.69, 9.17) is 16.6 Å². The zero-order chi connectivity index (χ0) is 32.9. The first-order valence-electron chi connectivity index (χ1n) is 13.8. The van der Waals surface area contributed by atoms with Crippen LogP contribution in [0.25, 0.3) is 0 Å². The van der Waals surface area contributed by atoms with Gasteiger partial charge in [-0.15, -0.1) is 12.4 Å². The van der Waals surface area contributed by atoms with E-state index in [-0.39, 0.29) is 62.3 Å². The molecule has 1 heterocycles. The summed E-state index contributed by atoms with van der Waals surface area (Å²) in [6.45, 7) is -0.575. The molecular weight excluding hydrogens is 624 g/mol. The van der Waals surface area contributed by atoms with Crippen LogP contribution in [0.5, 0.6) is 0 Å². The Morgan fingerprint density at radius 2 is 1.52 bits per heavy atom. The van der Waals surface area contributed by atoms with Crippen molar-refractivity contribution >= 4 is 60.3 Å². The van der Waals surface area contributed by atoms with E-state index >= 15 is 0 Å². The van der Waals surface area contributed by atoms with Crippen molar-refractivity contribution in [2.24, 2.45) is 5.73 Å². The number of nitrogens with one attached hydrogen (secondary N) is 5. The maximum atomic E-state index is 13.2. The van der Waals surface area contributed by atoms with E-state index in [0.717, 1.165) is 4.90 Å². The molecule has 46 heavy (non-hydrogen) atoms. The Hall–Kier alpha value is -5.51. The lowest BCUT2D eigenvalue weighted by Crippen LogP contribution is -2.60. The second kappa shape index (κ2) is 17.7. The van der Waals surface area contributed by atoms with Crippen LogP contribution in [0.2, 0.25) is 0 Å². The summed E-state index contributed by atoms with van der Waals surface area (Å²) in [7, 11) is 0. The maximum absolute atomic E-state index is 13.2. The molecule has 2 aromatic rings. The van der Waals surface area contributed by atoms with E-state index in [2.05, 4.69) is 20.7 Å². The molecule has 17 heteroatoms. The number of rotatable bonds is 14. The number of amides is 5. The SMILES string of the molecule is Cl.N=COC(=O)NCc1ccc(C(=O)NCC(=O)N2CCN(CC(=O)O)C(=O)C2CCCNC(=O)c2ccc(C(=N)N)cc2)cc1. The van der Waals surface area contributed by atoms with Crippen LogP contribution in [0.4, 0.5) is 4.79 Å². The molecule has 1 aliphatic rings. The Labute approximate surface area is 270 Å². The van der Waals surface area contributed by atoms with Crippen LogP contribution >= 0.6 is 12.4 Å². The Bertz CT molecular complexity index is 1450. The van der Waals surface area contributed by atoms with E-state index in [1.54, 1.807) is 24.3 Å². The number of hydrogen-bond acceptors (Lipinski definition) is 9. The third kappa shape index (κ3) is 10.6. The van der Waals surface area contributed by atoms with Crippen LogP contribution in [0.1, 0.15) is 44.7 Å². The summed E-state index contributed by atoms with van der Waals surface area (Å²) in [6, 6.07) is 11.4. The van der Waals surface area contributed by atoms with Gasteiger partial charge in [0.15, 0.2) is 6.40 Å². The van der Waals surface area contributed by atoms with Crippen molar-refractivity contribution < 1.29 is 38.6 Å². The van der Waals surface area contributed by atoms with E-state index in [1.807, 2.05) is 0 Å². The van der Waals surface area contributed by atoms with Crippen LogP contribution in [0.3, 0.4) is 0 Å². The van der Waals surface area contributed by atoms with Gasteiger partial charge in [0, 0.05) is 42.9 Å². The highest BCUT2D eigenvalue weighted by Crippen LogP contribution is 2.17. The van der Waals surface area contributed by atoms with Crippen LogP contribution < -0.4 is 21.7 Å². The molecule has 0 bridgehead atoms. The van der Waals surface area contributed by atoms with Crippen LogP contribution in [-0.4, -0.2) is 102 Å². The first kappa shape index (κ1) is 36.7. The highest BCUT2D eigenvalue weighted by molar-refractivity contribution is 5.99. The van der Waals surface area contributed by atoms with Crippen molar-refractivity contribution in [3.05, 3.63) is 70.8 Å². The summed E-state index contributed by atoms with van der Waals surface area (Å²) in [5.41, 5.74) is 7.16. The number of ether oxygens (including phenoxy) is 1. The van der Waals surface area contributed by atoms with Crippen molar-refractivity contribution in [1.82, 2.24) is 25.8 Å². The minimum absolute atomic E-state index is 0. The van der Waals surface area contributed by atoms with Crippen LogP contribution in [-0.2, 0) is 25.7 Å². The summed E-state index contributed by atoms with van der Waals surface area (Å²) in [4.78, 5) is 76.5. The highest BCUT2D eigenvalue weighted by Gasteiger charge is 2.37. The number of alkyl carbamates (subject to hydrolysis) is 1. The number of nitrogens with two attached hydrogens (primary N) is 1. The van der Waals surface area contributed by atoms with Gasteiger partial charge in [0.1, 0.15) is 18.4 Å². The summed E-state index contributed by atoms with van der Waals surface area (Å²) in [6.07, 6.45) is 0.137. The summed E-state index contributed by atoms with van der Waals surface area (Å²) in [5, 5.41) is 31.1. The van der Waals surface area contributed by atoms with Gasteiger partial charge < -0.3 is 41.3 Å². The molecule has 1 unspecified atom stereocenters. The fraction of sp³-hybridized carbons (Fsp3) is 0.310. The van der Waals surface area contributed by atoms with Gasteiger partial charge in [-0.3, -0.25) is 34.8 Å². The average Bonchev–Trinajstić information content (AvgIpc) is 3.02. The molecular formula is C29H35ClN8O8. The third-order valence-electron chi connectivity index (χ3n) is 6.85. The van der Waals surface area contributed by atoms with Crippen LogP contribution in [0.15, 0.2) is 48.5 Å². The quantitative estimate of drug-likeness (QED) is 0.0836. The van der Waals surface area contributed by atoms with E-state index in [9.17, 15) is 33.9 Å². The van der Waals surface area contributed by atoms with Gasteiger partial charge >= 0.3 is 12.1 Å². The molecule has 1 atom stereocenters. The molecule has 0 aromatic heterocycles. The third-order valence-corrected chi connectivity index (χ3v) is 6.85. The van der Waals surface area contributed by atoms with Crippen molar-refractivity contribution in [2.45, 2.75) is 25.4 Å².